The number of fused-ring (bicyclic) bond motifs is 1. The lowest BCUT2D eigenvalue weighted by atomic mass is 9.98. The lowest BCUT2D eigenvalue weighted by Gasteiger charge is -2.18. The Kier molecular flexibility index (Phi) is 3.39. The molecular formula is C16H17N3O. The van der Waals surface area contributed by atoms with Gasteiger partial charge in [0.15, 0.2) is 0 Å². The van der Waals surface area contributed by atoms with Gasteiger partial charge in [-0.1, -0.05) is 31.2 Å². The van der Waals surface area contributed by atoms with Crippen LogP contribution in [-0.2, 0) is 0 Å². The Morgan fingerprint density at radius 3 is 2.85 bits per heavy atom. The third kappa shape index (κ3) is 2.14. The summed E-state index contributed by atoms with van der Waals surface area (Å²) in [5.74, 6) is 0.545. The van der Waals surface area contributed by atoms with Crippen molar-refractivity contribution in [2.75, 3.05) is 12.3 Å². The molecule has 0 aliphatic carbocycles. The summed E-state index contributed by atoms with van der Waals surface area (Å²) in [6, 6.07) is 11.9. The van der Waals surface area contributed by atoms with Gasteiger partial charge in [-0.15, -0.1) is 0 Å². The van der Waals surface area contributed by atoms with Crippen molar-refractivity contribution in [1.82, 2.24) is 10.3 Å². The summed E-state index contributed by atoms with van der Waals surface area (Å²) in [7, 11) is 0. The number of furan rings is 1. The minimum Gasteiger partial charge on any atom is -0.464 e. The molecule has 1 unspecified atom stereocenters. The third-order valence-corrected chi connectivity index (χ3v) is 3.41. The monoisotopic (exact) mass is 267 g/mol. The van der Waals surface area contributed by atoms with Crippen molar-refractivity contribution < 1.29 is 4.42 Å². The fourth-order valence-electron chi connectivity index (χ4n) is 2.49. The molecule has 0 bridgehead atoms. The molecule has 1 aromatic carbocycles. The van der Waals surface area contributed by atoms with E-state index in [2.05, 4.69) is 23.3 Å². The Morgan fingerprint density at radius 1 is 1.20 bits per heavy atom. The van der Waals surface area contributed by atoms with Gasteiger partial charge in [0.1, 0.15) is 11.4 Å². The van der Waals surface area contributed by atoms with E-state index < -0.39 is 0 Å². The fourth-order valence-corrected chi connectivity index (χ4v) is 2.49. The molecule has 0 aliphatic heterocycles. The van der Waals surface area contributed by atoms with Gasteiger partial charge in [-0.05, 0) is 18.7 Å². The first-order chi connectivity index (χ1) is 9.81. The summed E-state index contributed by atoms with van der Waals surface area (Å²) in [5, 5.41) is 4.55. The molecule has 3 rings (SSSR count). The van der Waals surface area contributed by atoms with Gasteiger partial charge in [-0.25, -0.2) is 4.98 Å². The highest BCUT2D eigenvalue weighted by atomic mass is 16.3. The number of nitrogen functional groups attached to an aromatic ring is 1. The molecule has 4 heteroatoms. The van der Waals surface area contributed by atoms with Crippen LogP contribution in [0.25, 0.3) is 11.0 Å². The average Bonchev–Trinajstić information content (AvgIpc) is 2.90. The number of nitrogens with one attached hydrogen (secondary N) is 1. The Balaban J connectivity index is 2.14. The number of rotatable bonds is 4. The number of para-hydroxylation sites is 1. The van der Waals surface area contributed by atoms with Crippen molar-refractivity contribution >= 4 is 16.8 Å². The van der Waals surface area contributed by atoms with E-state index in [0.717, 1.165) is 28.6 Å². The maximum Gasteiger partial charge on any atom is 0.134 e. The van der Waals surface area contributed by atoms with E-state index in [0.29, 0.717) is 5.82 Å². The fraction of sp³-hybridized carbons (Fsp3) is 0.188. The largest absolute Gasteiger partial charge is 0.464 e. The summed E-state index contributed by atoms with van der Waals surface area (Å²) in [6.07, 6.45) is 3.50. The minimum atomic E-state index is -0.0163. The van der Waals surface area contributed by atoms with Crippen LogP contribution in [0.3, 0.4) is 0 Å². The van der Waals surface area contributed by atoms with Gasteiger partial charge < -0.3 is 15.5 Å². The van der Waals surface area contributed by atoms with Gasteiger partial charge in [0.05, 0.1) is 12.3 Å². The highest BCUT2D eigenvalue weighted by Crippen LogP contribution is 2.32. The lowest BCUT2D eigenvalue weighted by molar-refractivity contribution is 0.584. The number of benzene rings is 1. The van der Waals surface area contributed by atoms with Crippen LogP contribution < -0.4 is 11.1 Å². The highest BCUT2D eigenvalue weighted by Gasteiger charge is 2.20. The molecule has 2 heterocycles. The van der Waals surface area contributed by atoms with Gasteiger partial charge in [-0.3, -0.25) is 0 Å². The normalized spacial score (nSPS) is 12.7. The Labute approximate surface area is 117 Å². The lowest BCUT2D eigenvalue weighted by Crippen LogP contribution is -2.23. The molecule has 0 saturated heterocycles. The molecule has 0 aliphatic rings. The van der Waals surface area contributed by atoms with E-state index in [4.69, 9.17) is 10.2 Å². The van der Waals surface area contributed by atoms with Crippen molar-refractivity contribution in [3.63, 3.8) is 0 Å². The number of nitrogens with zero attached hydrogens (tertiary/aromatic N) is 1. The number of anilines is 1. The first-order valence-electron chi connectivity index (χ1n) is 6.71. The van der Waals surface area contributed by atoms with E-state index >= 15 is 0 Å². The molecule has 3 aromatic rings. The van der Waals surface area contributed by atoms with Crippen molar-refractivity contribution in [1.29, 1.82) is 0 Å². The quantitative estimate of drug-likeness (QED) is 0.762. The molecule has 4 nitrogen and oxygen atoms in total. The summed E-state index contributed by atoms with van der Waals surface area (Å²) < 4.78 is 5.64. The molecule has 1 atom stereocenters. The number of pyridine rings is 1. The maximum atomic E-state index is 6.02. The topological polar surface area (TPSA) is 64.1 Å². The molecular weight excluding hydrogens is 250 g/mol. The molecule has 3 N–H and O–H groups in total. The van der Waals surface area contributed by atoms with Crippen LogP contribution in [-0.4, -0.2) is 11.5 Å². The minimum absolute atomic E-state index is 0.0163. The SMILES string of the molecule is CCNC(c1cccnc1N)c1coc2ccccc12. The first-order valence-corrected chi connectivity index (χ1v) is 6.71. The second-order valence-electron chi connectivity index (χ2n) is 4.66. The smallest absolute Gasteiger partial charge is 0.134 e. The predicted octanol–water partition coefficient (Wildman–Crippen LogP) is 3.11. The van der Waals surface area contributed by atoms with Gasteiger partial charge in [0, 0.05) is 22.7 Å². The molecule has 2 aromatic heterocycles. The molecule has 0 saturated carbocycles. The molecule has 0 radical (unpaired) electrons. The second-order valence-corrected chi connectivity index (χ2v) is 4.66. The van der Waals surface area contributed by atoms with Crippen LogP contribution in [0.5, 0.6) is 0 Å². The van der Waals surface area contributed by atoms with Crippen LogP contribution >= 0.6 is 0 Å². The van der Waals surface area contributed by atoms with Crippen LogP contribution in [0.4, 0.5) is 5.82 Å². The number of aromatic nitrogens is 1. The van der Waals surface area contributed by atoms with Crippen LogP contribution in [0, 0.1) is 0 Å². The van der Waals surface area contributed by atoms with Crippen LogP contribution in [0.2, 0.25) is 0 Å². The van der Waals surface area contributed by atoms with E-state index in [9.17, 15) is 0 Å². The maximum absolute atomic E-state index is 6.02. The van der Waals surface area contributed by atoms with Crippen LogP contribution in [0.15, 0.2) is 53.3 Å². The van der Waals surface area contributed by atoms with Crippen molar-refractivity contribution in [2.45, 2.75) is 13.0 Å². The van der Waals surface area contributed by atoms with Crippen molar-refractivity contribution in [3.8, 4) is 0 Å². The third-order valence-electron chi connectivity index (χ3n) is 3.41. The predicted molar refractivity (Wildman–Crippen MR) is 80.4 cm³/mol. The Hall–Kier alpha value is -2.33. The van der Waals surface area contributed by atoms with Gasteiger partial charge >= 0.3 is 0 Å². The average molecular weight is 267 g/mol. The standard InChI is InChI=1S/C16H17N3O/c1-2-18-15(12-7-5-9-19-16(12)17)13-10-20-14-8-4-3-6-11(13)14/h3-10,15,18H,2H2,1H3,(H2,17,19). The number of hydrogen-bond acceptors (Lipinski definition) is 4. The Morgan fingerprint density at radius 2 is 2.05 bits per heavy atom. The zero-order chi connectivity index (χ0) is 13.9. The second kappa shape index (κ2) is 5.35. The van der Waals surface area contributed by atoms with Gasteiger partial charge in [-0.2, -0.15) is 0 Å². The van der Waals surface area contributed by atoms with Crippen LogP contribution in [0.1, 0.15) is 24.1 Å². The molecule has 0 fully saturated rings. The number of nitrogens with two attached hydrogens (primary N) is 1. The van der Waals surface area contributed by atoms with E-state index in [1.54, 1.807) is 12.5 Å². The zero-order valence-electron chi connectivity index (χ0n) is 11.3. The highest BCUT2D eigenvalue weighted by molar-refractivity contribution is 5.82. The first kappa shape index (κ1) is 12.7. The molecule has 0 spiro atoms. The molecule has 102 valence electrons. The van der Waals surface area contributed by atoms with Gasteiger partial charge in [0.25, 0.3) is 0 Å². The van der Waals surface area contributed by atoms with Gasteiger partial charge in [0.2, 0.25) is 0 Å². The van der Waals surface area contributed by atoms with Crippen molar-refractivity contribution in [3.05, 3.63) is 60.0 Å². The van der Waals surface area contributed by atoms with Crippen molar-refractivity contribution in [2.24, 2.45) is 0 Å². The van der Waals surface area contributed by atoms with E-state index in [1.165, 1.54) is 0 Å². The Bertz CT molecular complexity index is 720. The van der Waals surface area contributed by atoms with E-state index in [-0.39, 0.29) is 6.04 Å². The zero-order valence-corrected chi connectivity index (χ0v) is 11.3. The number of hydrogen-bond donors (Lipinski definition) is 2. The summed E-state index contributed by atoms with van der Waals surface area (Å²) in [6.45, 7) is 2.90. The van der Waals surface area contributed by atoms with E-state index in [1.807, 2.05) is 30.3 Å². The molecule has 20 heavy (non-hydrogen) atoms. The summed E-state index contributed by atoms with van der Waals surface area (Å²) in [5.41, 5.74) is 8.96. The molecule has 0 amide bonds. The summed E-state index contributed by atoms with van der Waals surface area (Å²) in [4.78, 5) is 4.18. The summed E-state index contributed by atoms with van der Waals surface area (Å²) >= 11 is 0.